The van der Waals surface area contributed by atoms with Gasteiger partial charge in [0.15, 0.2) is 5.78 Å². The molecule has 0 aliphatic heterocycles. The zero-order valence-corrected chi connectivity index (χ0v) is 19.3. The Morgan fingerprint density at radius 1 is 1.06 bits per heavy atom. The van der Waals surface area contributed by atoms with Gasteiger partial charge in [0, 0.05) is 6.07 Å². The molecule has 4 rings (SSSR count). The van der Waals surface area contributed by atoms with Gasteiger partial charge in [-0.15, -0.1) is 5.10 Å². The van der Waals surface area contributed by atoms with E-state index in [-0.39, 0.29) is 23.7 Å². The third kappa shape index (κ3) is 5.98. The molecular weight excluding hydrogens is 426 g/mol. The molecule has 34 heavy (non-hydrogen) atoms. The van der Waals surface area contributed by atoms with Crippen LogP contribution >= 0.6 is 0 Å². The van der Waals surface area contributed by atoms with E-state index in [9.17, 15) is 9.90 Å². The first-order valence-electron chi connectivity index (χ1n) is 11.2. The number of hydrogen-bond acceptors (Lipinski definition) is 5. The molecule has 1 N–H and O–H groups in total. The van der Waals surface area contributed by atoms with Crippen molar-refractivity contribution >= 4 is 11.9 Å². The van der Waals surface area contributed by atoms with Crippen LogP contribution in [0.4, 0.5) is 0 Å². The topological polar surface area (TPSA) is 77.2 Å². The van der Waals surface area contributed by atoms with Crippen molar-refractivity contribution in [3.63, 3.8) is 0 Å². The van der Waals surface area contributed by atoms with Gasteiger partial charge < -0.3 is 9.84 Å². The number of carbonyl (C=O) groups excluding carboxylic acids is 1. The SMILES string of the molecule is CC(C)c1ccc(/C=C/C(=O)c2ccc(OCc3cn(Cc4ccccc4)nn3)cc2O)cc1. The van der Waals surface area contributed by atoms with Crippen LogP contribution in [0.1, 0.15) is 52.5 Å². The minimum atomic E-state index is -0.277. The fourth-order valence-corrected chi connectivity index (χ4v) is 3.47. The minimum absolute atomic E-state index is 0.130. The molecule has 1 aromatic heterocycles. The molecule has 4 aromatic rings. The zero-order valence-electron chi connectivity index (χ0n) is 19.3. The Labute approximate surface area is 199 Å². The molecule has 0 amide bonds. The lowest BCUT2D eigenvalue weighted by Gasteiger charge is -2.07. The van der Waals surface area contributed by atoms with Crippen molar-refractivity contribution < 1.29 is 14.6 Å². The van der Waals surface area contributed by atoms with Gasteiger partial charge in [-0.05, 0) is 40.8 Å². The molecule has 172 valence electrons. The first kappa shape index (κ1) is 23.0. The van der Waals surface area contributed by atoms with E-state index in [1.54, 1.807) is 22.9 Å². The maximum Gasteiger partial charge on any atom is 0.189 e. The van der Waals surface area contributed by atoms with Crippen molar-refractivity contribution in [2.75, 3.05) is 0 Å². The number of aromatic nitrogens is 3. The van der Waals surface area contributed by atoms with E-state index in [0.29, 0.717) is 23.9 Å². The molecule has 6 heteroatoms. The predicted octanol–water partition coefficient (Wildman–Crippen LogP) is 5.63. The fraction of sp³-hybridized carbons (Fsp3) is 0.179. The standard InChI is InChI=1S/C28H27N3O3/c1-20(2)23-11-8-21(9-12-23)10-15-27(32)26-14-13-25(16-28(26)33)34-19-24-18-31(30-29-24)17-22-6-4-3-5-7-22/h3-16,18,20,33H,17,19H2,1-2H3/b15-10+. The largest absolute Gasteiger partial charge is 0.507 e. The fourth-order valence-electron chi connectivity index (χ4n) is 3.47. The summed E-state index contributed by atoms with van der Waals surface area (Å²) >= 11 is 0. The Kier molecular flexibility index (Phi) is 7.18. The van der Waals surface area contributed by atoms with E-state index in [4.69, 9.17) is 4.74 Å². The van der Waals surface area contributed by atoms with Gasteiger partial charge in [0.05, 0.1) is 18.3 Å². The normalized spacial score (nSPS) is 11.3. The van der Waals surface area contributed by atoms with Crippen molar-refractivity contribution in [3.8, 4) is 11.5 Å². The Morgan fingerprint density at radius 3 is 2.53 bits per heavy atom. The zero-order chi connectivity index (χ0) is 23.9. The molecule has 0 spiro atoms. The minimum Gasteiger partial charge on any atom is -0.507 e. The summed E-state index contributed by atoms with van der Waals surface area (Å²) in [7, 11) is 0. The second-order valence-electron chi connectivity index (χ2n) is 8.38. The predicted molar refractivity (Wildman–Crippen MR) is 132 cm³/mol. The van der Waals surface area contributed by atoms with Gasteiger partial charge in [0.25, 0.3) is 0 Å². The van der Waals surface area contributed by atoms with Crippen LogP contribution < -0.4 is 4.74 Å². The van der Waals surface area contributed by atoms with Gasteiger partial charge in [-0.25, -0.2) is 4.68 Å². The number of hydrogen-bond donors (Lipinski definition) is 1. The van der Waals surface area contributed by atoms with E-state index in [2.05, 4.69) is 36.3 Å². The number of ketones is 1. The Morgan fingerprint density at radius 2 is 1.82 bits per heavy atom. The molecule has 3 aromatic carbocycles. The maximum atomic E-state index is 12.5. The molecule has 0 unspecified atom stereocenters. The number of aromatic hydroxyl groups is 1. The second-order valence-corrected chi connectivity index (χ2v) is 8.38. The van der Waals surface area contributed by atoms with Gasteiger partial charge >= 0.3 is 0 Å². The van der Waals surface area contributed by atoms with E-state index in [0.717, 1.165) is 11.1 Å². The first-order chi connectivity index (χ1) is 16.5. The highest BCUT2D eigenvalue weighted by molar-refractivity contribution is 6.08. The monoisotopic (exact) mass is 453 g/mol. The van der Waals surface area contributed by atoms with Crippen molar-refractivity contribution in [1.29, 1.82) is 0 Å². The number of benzene rings is 3. The van der Waals surface area contributed by atoms with Crippen LogP contribution in [0.5, 0.6) is 11.5 Å². The molecule has 0 fully saturated rings. The van der Waals surface area contributed by atoms with Crippen LogP contribution in [0, 0.1) is 0 Å². The Bertz CT molecular complexity index is 1280. The van der Waals surface area contributed by atoms with Gasteiger partial charge in [-0.1, -0.05) is 79.7 Å². The number of carbonyl (C=O) groups is 1. The van der Waals surface area contributed by atoms with Gasteiger partial charge in [-0.2, -0.15) is 0 Å². The average molecular weight is 454 g/mol. The number of ether oxygens (including phenoxy) is 1. The van der Waals surface area contributed by atoms with E-state index < -0.39 is 0 Å². The Hall–Kier alpha value is -4.19. The molecule has 1 heterocycles. The number of phenols is 1. The lowest BCUT2D eigenvalue weighted by atomic mass is 10.0. The highest BCUT2D eigenvalue weighted by Crippen LogP contribution is 2.25. The summed E-state index contributed by atoms with van der Waals surface area (Å²) in [5.41, 5.74) is 4.19. The highest BCUT2D eigenvalue weighted by Gasteiger charge is 2.11. The van der Waals surface area contributed by atoms with Crippen LogP contribution in [0.15, 0.2) is 85.1 Å². The van der Waals surface area contributed by atoms with Crippen LogP contribution in [-0.2, 0) is 13.2 Å². The Balaban J connectivity index is 1.34. The molecule has 0 aliphatic carbocycles. The number of rotatable bonds is 9. The van der Waals surface area contributed by atoms with Crippen LogP contribution in [-0.4, -0.2) is 25.9 Å². The van der Waals surface area contributed by atoms with E-state index >= 15 is 0 Å². The van der Waals surface area contributed by atoms with Crippen LogP contribution in [0.25, 0.3) is 6.08 Å². The summed E-state index contributed by atoms with van der Waals surface area (Å²) in [6.45, 7) is 5.11. The quantitative estimate of drug-likeness (QED) is 0.262. The van der Waals surface area contributed by atoms with E-state index in [1.165, 1.54) is 17.7 Å². The first-order valence-corrected chi connectivity index (χ1v) is 11.2. The lowest BCUT2D eigenvalue weighted by Crippen LogP contribution is -2.00. The molecule has 0 atom stereocenters. The van der Waals surface area contributed by atoms with Crippen molar-refractivity contribution in [2.45, 2.75) is 32.9 Å². The average Bonchev–Trinajstić information content (AvgIpc) is 3.29. The van der Waals surface area contributed by atoms with Crippen LogP contribution in [0.3, 0.4) is 0 Å². The molecule has 0 saturated carbocycles. The molecule has 0 radical (unpaired) electrons. The molecule has 0 bridgehead atoms. The number of allylic oxidation sites excluding steroid dienone is 1. The number of phenolic OH excluding ortho intramolecular Hbond substituents is 1. The maximum absolute atomic E-state index is 12.5. The smallest absolute Gasteiger partial charge is 0.189 e. The second kappa shape index (κ2) is 10.6. The summed E-state index contributed by atoms with van der Waals surface area (Å²) in [6, 6.07) is 22.7. The number of nitrogens with zero attached hydrogens (tertiary/aromatic N) is 3. The highest BCUT2D eigenvalue weighted by atomic mass is 16.5. The molecule has 0 aliphatic rings. The van der Waals surface area contributed by atoms with Crippen molar-refractivity contribution in [2.24, 2.45) is 0 Å². The molecule has 6 nitrogen and oxygen atoms in total. The van der Waals surface area contributed by atoms with Gasteiger partial charge in [-0.3, -0.25) is 4.79 Å². The third-order valence-electron chi connectivity index (χ3n) is 5.43. The third-order valence-corrected chi connectivity index (χ3v) is 5.43. The van der Waals surface area contributed by atoms with Gasteiger partial charge in [0.2, 0.25) is 0 Å². The summed E-state index contributed by atoms with van der Waals surface area (Å²) in [5.74, 6) is 0.495. The molecule has 0 saturated heterocycles. The van der Waals surface area contributed by atoms with E-state index in [1.807, 2.05) is 48.7 Å². The molecular formula is C28H27N3O3. The van der Waals surface area contributed by atoms with Crippen molar-refractivity contribution in [3.05, 3.63) is 113 Å². The van der Waals surface area contributed by atoms with Gasteiger partial charge in [0.1, 0.15) is 23.8 Å². The lowest BCUT2D eigenvalue weighted by molar-refractivity contribution is 0.104. The summed E-state index contributed by atoms with van der Waals surface area (Å²) in [4.78, 5) is 12.5. The summed E-state index contributed by atoms with van der Waals surface area (Å²) in [6.07, 6.45) is 5.03. The van der Waals surface area contributed by atoms with Crippen molar-refractivity contribution in [1.82, 2.24) is 15.0 Å². The summed E-state index contributed by atoms with van der Waals surface area (Å²) in [5, 5.41) is 18.6. The van der Waals surface area contributed by atoms with Crippen LogP contribution in [0.2, 0.25) is 0 Å². The summed E-state index contributed by atoms with van der Waals surface area (Å²) < 4.78 is 7.47.